The van der Waals surface area contributed by atoms with E-state index in [1.807, 2.05) is 12.1 Å². The maximum Gasteiger partial charge on any atom is 0.403 e. The predicted molar refractivity (Wildman–Crippen MR) is 274 cm³/mol. The molecule has 0 saturated heterocycles. The summed E-state index contributed by atoms with van der Waals surface area (Å²) in [4.78, 5) is 0. The van der Waals surface area contributed by atoms with E-state index in [2.05, 4.69) is 163 Å². The Kier molecular flexibility index (Phi) is 13.8. The highest BCUT2D eigenvalue weighted by molar-refractivity contribution is 7.23. The van der Waals surface area contributed by atoms with Crippen LogP contribution in [0.5, 0.6) is 17.2 Å². The third-order valence-electron chi connectivity index (χ3n) is 12.3. The van der Waals surface area contributed by atoms with E-state index < -0.39 is 56.8 Å². The van der Waals surface area contributed by atoms with Crippen molar-refractivity contribution in [2.45, 2.75) is 154 Å². The minimum atomic E-state index is -3.42. The molecule has 5 nitrogen and oxygen atoms in total. The topological polar surface area (TPSA) is 49.3 Å². The summed E-state index contributed by atoms with van der Waals surface area (Å²) in [5, 5.41) is 10.6. The van der Waals surface area contributed by atoms with Gasteiger partial charge >= 0.3 is 8.32 Å². The van der Waals surface area contributed by atoms with Gasteiger partial charge in [-0.2, -0.15) is 0 Å². The molecule has 0 aromatic heterocycles. The lowest BCUT2D eigenvalue weighted by Crippen LogP contribution is -2.75. The van der Waals surface area contributed by atoms with Crippen molar-refractivity contribution in [1.29, 1.82) is 0 Å². The molecule has 1 heterocycles. The molecule has 58 heavy (non-hydrogen) atoms. The van der Waals surface area contributed by atoms with Gasteiger partial charge in [0.1, 0.15) is 22.6 Å². The van der Waals surface area contributed by atoms with Gasteiger partial charge in [0.2, 0.25) is 0 Å². The molecule has 1 aliphatic heterocycles. The fraction of sp³-hybridized carbons (Fsp3) is 0.587. The summed E-state index contributed by atoms with van der Waals surface area (Å²) in [6.07, 6.45) is 0. The third kappa shape index (κ3) is 9.28. The summed E-state index contributed by atoms with van der Waals surface area (Å²) in [5.74, 6) is 2.10. The fourth-order valence-electron chi connectivity index (χ4n) is 12.3. The van der Waals surface area contributed by atoms with E-state index in [1.165, 1.54) is 27.1 Å². The molecular formula is C46H81NO4Si7. The van der Waals surface area contributed by atoms with E-state index >= 15 is 0 Å². The Morgan fingerprint density at radius 1 is 0.483 bits per heavy atom. The normalized spacial score (nSPS) is 17.1. The second kappa shape index (κ2) is 16.4. The molecule has 4 rings (SSSR count). The zero-order valence-electron chi connectivity index (χ0n) is 41.3. The molecule has 1 unspecified atom stereocenters. The Bertz CT molecular complexity index is 1900. The predicted octanol–water partition coefficient (Wildman–Crippen LogP) is 12.2. The van der Waals surface area contributed by atoms with Crippen LogP contribution >= 0.6 is 0 Å². The number of rotatable bonds is 15. The van der Waals surface area contributed by atoms with Gasteiger partial charge in [0.05, 0.1) is 26.9 Å². The van der Waals surface area contributed by atoms with Crippen molar-refractivity contribution in [2.24, 2.45) is 5.16 Å². The minimum absolute atomic E-state index is 0.488. The highest BCUT2D eigenvalue weighted by Crippen LogP contribution is 2.48. The van der Waals surface area contributed by atoms with Gasteiger partial charge in [-0.15, -0.1) is 5.16 Å². The number of oxime groups is 1. The summed E-state index contributed by atoms with van der Waals surface area (Å²) in [6, 6.07) is 14.3. The third-order valence-corrected chi connectivity index (χ3v) is 44.4. The van der Waals surface area contributed by atoms with Crippen molar-refractivity contribution >= 4 is 72.5 Å². The van der Waals surface area contributed by atoms with Crippen LogP contribution < -0.4 is 24.6 Å². The van der Waals surface area contributed by atoms with E-state index in [-0.39, 0.29) is 0 Å². The van der Waals surface area contributed by atoms with E-state index in [9.17, 15) is 0 Å². The molecule has 0 fully saturated rings. The lowest BCUT2D eigenvalue weighted by atomic mass is 10.1. The molecule has 0 aliphatic carbocycles. The standard InChI is InChI=1S/C46H81NO4Si7/c1-31-25-32(2)41(33(3)26-31)58(43(47-51-58)40-38(49-5)29-35(48-4)30-39(40)50-6)42-36(45(54(13,14)15)55(16,17)18)27-34(44(52(7,8)9)53(10,11)12)28-37(42)46(56(19,20)21)57(22,23)24/h25-30,44-46H,1-24H3. The Hall–Kier alpha value is -1.95. The average Bonchev–Trinajstić information content (AvgIpc) is 2.98. The quantitative estimate of drug-likeness (QED) is 0.143. The van der Waals surface area contributed by atoms with Crippen molar-refractivity contribution in [3.63, 3.8) is 0 Å². The SMILES string of the molecule is COc1cc(OC)c(C2=NO[Si]2(c2c(C)cc(C)cc2C)c2c(C([Si](C)(C)C)[Si](C)(C)C)cc(C([Si](C)(C)C)[Si](C)(C)C)cc2C([Si](C)(C)C)[Si](C)(C)C)c(OC)c1. The van der Waals surface area contributed by atoms with Crippen LogP contribution in [0.2, 0.25) is 118 Å². The number of methoxy groups -OCH3 is 3. The molecule has 1 aliphatic rings. The van der Waals surface area contributed by atoms with Gasteiger partial charge in [0.25, 0.3) is 0 Å². The lowest BCUT2D eigenvalue weighted by molar-refractivity contribution is 0.322. The monoisotopic (exact) mass is 907 g/mol. The molecule has 12 heteroatoms. The van der Waals surface area contributed by atoms with Crippen LogP contribution in [-0.2, 0) is 4.53 Å². The smallest absolute Gasteiger partial charge is 0.403 e. The average molecular weight is 909 g/mol. The van der Waals surface area contributed by atoms with Crippen LogP contribution in [0.3, 0.4) is 0 Å². The summed E-state index contributed by atoms with van der Waals surface area (Å²) in [5.41, 5.74) is 9.53. The van der Waals surface area contributed by atoms with E-state index in [1.54, 1.807) is 38.0 Å². The molecule has 0 amide bonds. The van der Waals surface area contributed by atoms with Crippen molar-refractivity contribution in [3.05, 3.63) is 75.3 Å². The van der Waals surface area contributed by atoms with Gasteiger partial charge in [-0.3, -0.25) is 0 Å². The first-order valence-electron chi connectivity index (χ1n) is 21.5. The van der Waals surface area contributed by atoms with Crippen LogP contribution in [0, 0.1) is 20.8 Å². The van der Waals surface area contributed by atoms with Crippen molar-refractivity contribution in [1.82, 2.24) is 0 Å². The molecule has 0 N–H and O–H groups in total. The summed E-state index contributed by atoms with van der Waals surface area (Å²) >= 11 is 0. The molecule has 3 aromatic rings. The number of hydrogen-bond acceptors (Lipinski definition) is 5. The zero-order chi connectivity index (χ0) is 44.5. The molecule has 1 atom stereocenters. The first-order chi connectivity index (χ1) is 26.2. The van der Waals surface area contributed by atoms with Gasteiger partial charge in [-0.05, 0) is 74.5 Å². The number of ether oxygens (including phenoxy) is 3. The van der Waals surface area contributed by atoms with Crippen molar-refractivity contribution in [3.8, 4) is 17.2 Å². The molecule has 0 bridgehead atoms. The van der Waals surface area contributed by atoms with Gasteiger partial charge in [0.15, 0.2) is 0 Å². The number of benzene rings is 3. The van der Waals surface area contributed by atoms with Crippen LogP contribution in [0.15, 0.2) is 41.6 Å². The molecule has 0 spiro atoms. The van der Waals surface area contributed by atoms with Gasteiger partial charge < -0.3 is 18.7 Å². The Balaban J connectivity index is 2.54. The second-order valence-corrected chi connectivity index (χ2v) is 60.6. The fourth-order valence-corrected chi connectivity index (χ4v) is 55.4. The first kappa shape index (κ1) is 48.7. The van der Waals surface area contributed by atoms with Crippen LogP contribution in [-0.4, -0.2) is 83.4 Å². The minimum Gasteiger partial charge on any atom is -0.496 e. The summed E-state index contributed by atoms with van der Waals surface area (Å²) in [7, 11) is -9.11. The Morgan fingerprint density at radius 3 is 1.12 bits per heavy atom. The molecule has 322 valence electrons. The number of nitrogens with zero attached hydrogens (tertiary/aromatic N) is 1. The van der Waals surface area contributed by atoms with Crippen LogP contribution in [0.4, 0.5) is 0 Å². The molecular weight excluding hydrogens is 827 g/mol. The van der Waals surface area contributed by atoms with Crippen LogP contribution in [0.1, 0.15) is 54.4 Å². The van der Waals surface area contributed by atoms with E-state index in [4.69, 9.17) is 23.9 Å². The summed E-state index contributed by atoms with van der Waals surface area (Å²) in [6.45, 7) is 54.3. The molecule has 0 radical (unpaired) electrons. The maximum atomic E-state index is 7.45. The largest absolute Gasteiger partial charge is 0.496 e. The molecule has 0 saturated carbocycles. The number of aryl methyl sites for hydroxylation is 3. The van der Waals surface area contributed by atoms with Gasteiger partial charge in [0, 0.05) is 60.6 Å². The molecule has 3 aromatic carbocycles. The van der Waals surface area contributed by atoms with Crippen LogP contribution in [0.25, 0.3) is 0 Å². The van der Waals surface area contributed by atoms with Gasteiger partial charge in [-0.25, -0.2) is 0 Å². The van der Waals surface area contributed by atoms with E-state index in [0.717, 1.165) is 10.9 Å². The highest BCUT2D eigenvalue weighted by atomic mass is 28.4. The Labute approximate surface area is 362 Å². The Morgan fingerprint density at radius 2 is 0.845 bits per heavy atom. The zero-order valence-corrected chi connectivity index (χ0v) is 48.3. The van der Waals surface area contributed by atoms with E-state index in [0.29, 0.717) is 32.7 Å². The van der Waals surface area contributed by atoms with Crippen molar-refractivity contribution < 1.29 is 18.7 Å². The number of hydrogen-bond donors (Lipinski definition) is 0. The van der Waals surface area contributed by atoms with Gasteiger partial charge in [-0.1, -0.05) is 148 Å². The second-order valence-electron chi connectivity index (χ2n) is 24.0. The summed E-state index contributed by atoms with van der Waals surface area (Å²) < 4.78 is 25.8. The first-order valence-corrected chi connectivity index (χ1v) is 44.9. The maximum absolute atomic E-state index is 7.45. The van der Waals surface area contributed by atoms with Crippen molar-refractivity contribution in [2.75, 3.05) is 21.3 Å². The highest BCUT2D eigenvalue weighted by Gasteiger charge is 2.62. The lowest BCUT2D eigenvalue weighted by Gasteiger charge is -2.49.